The third-order valence-electron chi connectivity index (χ3n) is 3.58. The first-order valence-electron chi connectivity index (χ1n) is 7.51. The molecule has 120 valence electrons. The molecular weight excluding hydrogens is 298 g/mol. The third-order valence-corrected chi connectivity index (χ3v) is 4.92. The second kappa shape index (κ2) is 6.96. The average molecular weight is 321 g/mol. The van der Waals surface area contributed by atoms with Crippen LogP contribution in [0.3, 0.4) is 0 Å². The Labute approximate surface area is 132 Å². The first kappa shape index (κ1) is 16.5. The lowest BCUT2D eigenvalue weighted by Crippen LogP contribution is -2.17. The molecule has 0 aliphatic carbocycles. The van der Waals surface area contributed by atoms with Crippen LogP contribution in [-0.4, -0.2) is 24.0 Å². The van der Waals surface area contributed by atoms with Crippen LogP contribution in [0.5, 0.6) is 0 Å². The number of nitrogens with one attached hydrogen (secondary N) is 1. The molecule has 0 bridgehead atoms. The Morgan fingerprint density at radius 2 is 1.86 bits per heavy atom. The maximum Gasteiger partial charge on any atom is 0.232 e. The van der Waals surface area contributed by atoms with Gasteiger partial charge in [0.15, 0.2) is 0 Å². The third kappa shape index (κ3) is 4.10. The van der Waals surface area contributed by atoms with Gasteiger partial charge in [0.1, 0.15) is 0 Å². The van der Waals surface area contributed by atoms with Gasteiger partial charge in [0, 0.05) is 0 Å². The number of aryl methyl sites for hydroxylation is 1. The van der Waals surface area contributed by atoms with Gasteiger partial charge in [-0.15, -0.1) is 0 Å². The number of nitrogens with zero attached hydrogens (tertiary/aromatic N) is 2. The topological polar surface area (TPSA) is 64.0 Å². The molecule has 2 aromatic rings. The number of hydrogen-bond acceptors (Lipinski definition) is 3. The average Bonchev–Trinajstić information content (AvgIpc) is 2.74. The van der Waals surface area contributed by atoms with E-state index >= 15 is 0 Å². The largest absolute Gasteiger partial charge is 0.280 e. The van der Waals surface area contributed by atoms with Crippen LogP contribution in [0.25, 0.3) is 0 Å². The van der Waals surface area contributed by atoms with Crippen LogP contribution in [0, 0.1) is 13.8 Å². The zero-order chi connectivity index (χ0) is 16.2. The molecule has 0 aliphatic heterocycles. The lowest BCUT2D eigenvalue weighted by atomic mass is 10.2. The second-order valence-electron chi connectivity index (χ2n) is 5.46. The van der Waals surface area contributed by atoms with E-state index in [0.29, 0.717) is 24.3 Å². The molecule has 0 saturated carbocycles. The van der Waals surface area contributed by atoms with Gasteiger partial charge in [-0.1, -0.05) is 43.7 Å². The summed E-state index contributed by atoms with van der Waals surface area (Å²) < 4.78 is 28.7. The minimum absolute atomic E-state index is 0.145. The Morgan fingerprint density at radius 1 is 1.18 bits per heavy atom. The van der Waals surface area contributed by atoms with Gasteiger partial charge in [-0.25, -0.2) is 8.42 Å². The number of unbranched alkanes of at least 4 members (excludes halogenated alkanes) is 1. The van der Waals surface area contributed by atoms with Gasteiger partial charge in [-0.2, -0.15) is 5.10 Å². The number of anilines is 1. The Hall–Kier alpha value is -1.82. The maximum absolute atomic E-state index is 12.1. The van der Waals surface area contributed by atoms with Crippen LogP contribution in [-0.2, 0) is 16.6 Å². The molecule has 1 N–H and O–H groups in total. The highest BCUT2D eigenvalue weighted by Gasteiger charge is 2.17. The van der Waals surface area contributed by atoms with Crippen molar-refractivity contribution in [3.05, 3.63) is 47.3 Å². The lowest BCUT2D eigenvalue weighted by molar-refractivity contribution is 0.597. The molecule has 5 nitrogen and oxygen atoms in total. The second-order valence-corrected chi connectivity index (χ2v) is 7.31. The van der Waals surface area contributed by atoms with Crippen molar-refractivity contribution in [2.24, 2.45) is 0 Å². The zero-order valence-electron chi connectivity index (χ0n) is 13.3. The summed E-state index contributed by atoms with van der Waals surface area (Å²) in [6.07, 6.45) is 1.51. The molecule has 0 aliphatic rings. The summed E-state index contributed by atoms with van der Waals surface area (Å²) in [6.45, 7) is 6.32. The van der Waals surface area contributed by atoms with Crippen LogP contribution in [0.2, 0.25) is 0 Å². The van der Waals surface area contributed by atoms with Gasteiger partial charge in [-0.3, -0.25) is 9.40 Å². The predicted molar refractivity (Wildman–Crippen MR) is 89.6 cm³/mol. The summed E-state index contributed by atoms with van der Waals surface area (Å²) in [5.41, 5.74) is 3.27. The number of benzene rings is 1. The Bertz CT molecular complexity index is 721. The molecule has 22 heavy (non-hydrogen) atoms. The van der Waals surface area contributed by atoms with Gasteiger partial charge >= 0.3 is 0 Å². The van der Waals surface area contributed by atoms with Gasteiger partial charge < -0.3 is 0 Å². The summed E-state index contributed by atoms with van der Waals surface area (Å²) in [4.78, 5) is 0. The van der Waals surface area contributed by atoms with Crippen molar-refractivity contribution in [3.63, 3.8) is 0 Å². The van der Waals surface area contributed by atoms with Crippen LogP contribution < -0.4 is 4.72 Å². The van der Waals surface area contributed by atoms with Crippen molar-refractivity contribution in [2.75, 3.05) is 10.5 Å². The minimum Gasteiger partial charge on any atom is -0.280 e. The summed E-state index contributed by atoms with van der Waals surface area (Å²) in [5.74, 6) is 0.145. The fourth-order valence-electron chi connectivity index (χ4n) is 2.30. The molecule has 0 saturated heterocycles. The van der Waals surface area contributed by atoms with Crippen molar-refractivity contribution < 1.29 is 8.42 Å². The van der Waals surface area contributed by atoms with E-state index in [0.717, 1.165) is 17.7 Å². The van der Waals surface area contributed by atoms with Gasteiger partial charge in [0.2, 0.25) is 10.0 Å². The molecular formula is C16H23N3O2S. The number of rotatable bonds is 7. The molecule has 0 radical (unpaired) electrons. The molecule has 6 heteroatoms. The molecule has 0 amide bonds. The Balaban J connectivity index is 2.20. The summed E-state index contributed by atoms with van der Waals surface area (Å²) in [6, 6.07) is 9.99. The van der Waals surface area contributed by atoms with Crippen LogP contribution in [0.1, 0.15) is 36.7 Å². The number of aromatic nitrogens is 2. The monoisotopic (exact) mass is 321 g/mol. The quantitative estimate of drug-likeness (QED) is 0.852. The van der Waals surface area contributed by atoms with E-state index in [4.69, 9.17) is 0 Å². The zero-order valence-corrected chi connectivity index (χ0v) is 14.2. The van der Waals surface area contributed by atoms with Gasteiger partial charge in [-0.05, 0) is 25.8 Å². The Kier molecular flexibility index (Phi) is 5.24. The molecule has 0 unspecified atom stereocenters. The predicted octanol–water partition coefficient (Wildman–Crippen LogP) is 3.09. The summed E-state index contributed by atoms with van der Waals surface area (Å²) in [7, 11) is -3.30. The highest BCUT2D eigenvalue weighted by Crippen LogP contribution is 2.22. The standard InChI is InChI=1S/C16H23N3O2S/c1-4-5-11-22(20,21)18-16-13(2)17-19(14(16)3)12-15-9-7-6-8-10-15/h6-10,18H,4-5,11-12H2,1-3H3. The van der Waals surface area contributed by atoms with E-state index in [1.165, 1.54) is 0 Å². The van der Waals surface area contributed by atoms with Crippen LogP contribution >= 0.6 is 0 Å². The maximum atomic E-state index is 12.1. The van der Waals surface area contributed by atoms with E-state index < -0.39 is 10.0 Å². The number of sulfonamides is 1. The first-order chi connectivity index (χ1) is 10.4. The van der Waals surface area contributed by atoms with Crippen molar-refractivity contribution >= 4 is 15.7 Å². The highest BCUT2D eigenvalue weighted by molar-refractivity contribution is 7.92. The van der Waals surface area contributed by atoms with Crippen molar-refractivity contribution in [2.45, 2.75) is 40.2 Å². The van der Waals surface area contributed by atoms with Crippen LogP contribution in [0.15, 0.2) is 30.3 Å². The van der Waals surface area contributed by atoms with Crippen molar-refractivity contribution in [1.29, 1.82) is 0 Å². The SMILES string of the molecule is CCCCS(=O)(=O)Nc1c(C)nn(Cc2ccccc2)c1C. The number of hydrogen-bond donors (Lipinski definition) is 1. The van der Waals surface area contributed by atoms with E-state index in [-0.39, 0.29) is 5.75 Å². The molecule has 1 heterocycles. The van der Waals surface area contributed by atoms with Gasteiger partial charge in [0.25, 0.3) is 0 Å². The Morgan fingerprint density at radius 3 is 2.50 bits per heavy atom. The van der Waals surface area contributed by atoms with Crippen molar-refractivity contribution in [3.8, 4) is 0 Å². The van der Waals surface area contributed by atoms with E-state index in [1.54, 1.807) is 0 Å². The van der Waals surface area contributed by atoms with Gasteiger partial charge in [0.05, 0.1) is 29.4 Å². The molecule has 0 spiro atoms. The van der Waals surface area contributed by atoms with Crippen LogP contribution in [0.4, 0.5) is 5.69 Å². The molecule has 2 rings (SSSR count). The first-order valence-corrected chi connectivity index (χ1v) is 9.16. The molecule has 1 aromatic heterocycles. The fraction of sp³-hybridized carbons (Fsp3) is 0.438. The highest BCUT2D eigenvalue weighted by atomic mass is 32.2. The normalized spacial score (nSPS) is 11.6. The van der Waals surface area contributed by atoms with E-state index in [2.05, 4.69) is 9.82 Å². The molecule has 0 atom stereocenters. The minimum atomic E-state index is -3.30. The van der Waals surface area contributed by atoms with E-state index in [1.807, 2.05) is 55.8 Å². The molecule has 1 aromatic carbocycles. The summed E-state index contributed by atoms with van der Waals surface area (Å²) >= 11 is 0. The fourth-order valence-corrected chi connectivity index (χ4v) is 3.67. The van der Waals surface area contributed by atoms with Crippen molar-refractivity contribution in [1.82, 2.24) is 9.78 Å². The summed E-state index contributed by atoms with van der Waals surface area (Å²) in [5, 5.41) is 4.46. The molecule has 0 fully saturated rings. The van der Waals surface area contributed by atoms with E-state index in [9.17, 15) is 8.42 Å². The lowest BCUT2D eigenvalue weighted by Gasteiger charge is -2.09. The smallest absolute Gasteiger partial charge is 0.232 e.